The molecule has 1 heterocycles. The van der Waals surface area contributed by atoms with Crippen LogP contribution in [-0.4, -0.2) is 16.0 Å². The number of hydrogen-bond acceptors (Lipinski definition) is 3. The van der Waals surface area contributed by atoms with E-state index in [9.17, 15) is 31.9 Å². The van der Waals surface area contributed by atoms with Crippen molar-refractivity contribution in [3.8, 4) is 5.75 Å². The molecule has 0 aliphatic carbocycles. The minimum absolute atomic E-state index is 0.626. The number of halogens is 5. The van der Waals surface area contributed by atoms with Crippen molar-refractivity contribution < 1.29 is 31.9 Å². The molecule has 0 bridgehead atoms. The highest BCUT2D eigenvalue weighted by Crippen LogP contribution is 2.27. The number of amides is 1. The first kappa shape index (κ1) is 14.7. The quantitative estimate of drug-likeness (QED) is 0.509. The van der Waals surface area contributed by atoms with E-state index in [1.807, 2.05) is 0 Å². The van der Waals surface area contributed by atoms with Gasteiger partial charge in [-0.05, 0) is 12.1 Å². The lowest BCUT2D eigenvalue weighted by atomic mass is 10.2. The topological polar surface area (TPSA) is 62.2 Å². The van der Waals surface area contributed by atoms with E-state index in [0.29, 0.717) is 0 Å². The van der Waals surface area contributed by atoms with Crippen LogP contribution >= 0.6 is 0 Å². The molecule has 110 valence electrons. The average molecular weight is 304 g/mol. The molecule has 2 N–H and O–H groups in total. The van der Waals surface area contributed by atoms with Gasteiger partial charge in [0.2, 0.25) is 5.82 Å². The van der Waals surface area contributed by atoms with Gasteiger partial charge in [-0.25, -0.2) is 26.9 Å². The van der Waals surface area contributed by atoms with Crippen LogP contribution in [0.1, 0.15) is 10.5 Å². The van der Waals surface area contributed by atoms with E-state index in [-0.39, 0.29) is 0 Å². The SMILES string of the molecule is O=C(Nc1c(F)c(F)c(F)c(F)c1F)c1ncccc1O. The smallest absolute Gasteiger partial charge is 0.278 e. The van der Waals surface area contributed by atoms with E-state index in [0.717, 1.165) is 12.3 Å². The van der Waals surface area contributed by atoms with E-state index < -0.39 is 52.1 Å². The van der Waals surface area contributed by atoms with Gasteiger partial charge in [-0.15, -0.1) is 0 Å². The molecule has 2 aromatic rings. The number of rotatable bonds is 2. The molecular weight excluding hydrogens is 299 g/mol. The summed E-state index contributed by atoms with van der Waals surface area (Å²) < 4.78 is 65.5. The van der Waals surface area contributed by atoms with Crippen LogP contribution in [0.4, 0.5) is 27.6 Å². The summed E-state index contributed by atoms with van der Waals surface area (Å²) in [5.41, 5.74) is -2.16. The van der Waals surface area contributed by atoms with E-state index in [1.165, 1.54) is 11.4 Å². The maximum atomic E-state index is 13.4. The Morgan fingerprint density at radius 3 is 2.05 bits per heavy atom. The molecule has 0 unspecified atom stereocenters. The lowest BCUT2D eigenvalue weighted by Gasteiger charge is -2.09. The third-order valence-electron chi connectivity index (χ3n) is 2.45. The second-order valence-corrected chi connectivity index (χ2v) is 3.77. The Kier molecular flexibility index (Phi) is 3.74. The summed E-state index contributed by atoms with van der Waals surface area (Å²) in [7, 11) is 0. The van der Waals surface area contributed by atoms with E-state index in [2.05, 4.69) is 4.98 Å². The Morgan fingerprint density at radius 2 is 1.52 bits per heavy atom. The van der Waals surface area contributed by atoms with Gasteiger partial charge < -0.3 is 10.4 Å². The van der Waals surface area contributed by atoms with Crippen molar-refractivity contribution in [1.82, 2.24) is 4.98 Å². The number of carbonyl (C=O) groups excluding carboxylic acids is 1. The first-order valence-electron chi connectivity index (χ1n) is 5.31. The van der Waals surface area contributed by atoms with Crippen molar-refractivity contribution in [3.05, 3.63) is 53.1 Å². The van der Waals surface area contributed by atoms with Gasteiger partial charge in [-0.3, -0.25) is 4.79 Å². The fraction of sp³-hybridized carbons (Fsp3) is 0. The van der Waals surface area contributed by atoms with Gasteiger partial charge in [0, 0.05) is 6.20 Å². The Balaban J connectivity index is 2.46. The first-order valence-corrected chi connectivity index (χ1v) is 5.31. The molecule has 0 radical (unpaired) electrons. The van der Waals surface area contributed by atoms with Crippen molar-refractivity contribution >= 4 is 11.6 Å². The number of benzene rings is 1. The highest BCUT2D eigenvalue weighted by Gasteiger charge is 2.27. The Bertz CT molecular complexity index is 707. The summed E-state index contributed by atoms with van der Waals surface area (Å²) in [6.45, 7) is 0. The van der Waals surface area contributed by atoms with Gasteiger partial charge in [-0.1, -0.05) is 0 Å². The summed E-state index contributed by atoms with van der Waals surface area (Å²) in [5.74, 6) is -13.1. The molecule has 0 fully saturated rings. The number of nitrogens with one attached hydrogen (secondary N) is 1. The summed E-state index contributed by atoms with van der Waals surface area (Å²) in [4.78, 5) is 15.1. The van der Waals surface area contributed by atoms with Crippen LogP contribution in [0.3, 0.4) is 0 Å². The molecule has 0 spiro atoms. The predicted octanol–water partition coefficient (Wildman–Crippen LogP) is 2.73. The zero-order valence-electron chi connectivity index (χ0n) is 9.92. The summed E-state index contributed by atoms with van der Waals surface area (Å²) in [6, 6.07) is 2.32. The van der Waals surface area contributed by atoms with Gasteiger partial charge in [0.25, 0.3) is 5.91 Å². The lowest BCUT2D eigenvalue weighted by molar-refractivity contribution is 0.101. The maximum Gasteiger partial charge on any atom is 0.278 e. The van der Waals surface area contributed by atoms with Crippen molar-refractivity contribution in [2.24, 2.45) is 0 Å². The van der Waals surface area contributed by atoms with E-state index in [4.69, 9.17) is 0 Å². The molecule has 0 atom stereocenters. The Morgan fingerprint density at radius 1 is 1.00 bits per heavy atom. The molecular formula is C12H5F5N2O2. The van der Waals surface area contributed by atoms with Gasteiger partial charge in [0.15, 0.2) is 29.0 Å². The van der Waals surface area contributed by atoms with Crippen molar-refractivity contribution in [1.29, 1.82) is 0 Å². The number of anilines is 1. The fourth-order valence-electron chi connectivity index (χ4n) is 1.46. The van der Waals surface area contributed by atoms with Gasteiger partial charge in [-0.2, -0.15) is 0 Å². The standard InChI is InChI=1S/C12H5F5N2O2/c13-5-6(14)8(16)11(9(17)7(5)15)19-12(21)10-4(20)2-1-3-18-10/h1-3,20H,(H,19,21). The Hall–Kier alpha value is -2.71. The minimum atomic E-state index is -2.34. The van der Waals surface area contributed by atoms with Gasteiger partial charge in [0.1, 0.15) is 11.4 Å². The Labute approximate surface area is 113 Å². The molecule has 0 aliphatic rings. The molecule has 0 saturated heterocycles. The van der Waals surface area contributed by atoms with Crippen LogP contribution in [0.25, 0.3) is 0 Å². The number of aromatic nitrogens is 1. The molecule has 21 heavy (non-hydrogen) atoms. The average Bonchev–Trinajstić information content (AvgIpc) is 2.48. The lowest BCUT2D eigenvalue weighted by Crippen LogP contribution is -2.18. The highest BCUT2D eigenvalue weighted by molar-refractivity contribution is 6.04. The zero-order chi connectivity index (χ0) is 15.7. The van der Waals surface area contributed by atoms with Gasteiger partial charge >= 0.3 is 0 Å². The third kappa shape index (κ3) is 2.49. The van der Waals surface area contributed by atoms with Crippen LogP contribution in [0.15, 0.2) is 18.3 Å². The maximum absolute atomic E-state index is 13.4. The number of hydrogen-bond donors (Lipinski definition) is 2. The van der Waals surface area contributed by atoms with Crippen LogP contribution in [0.2, 0.25) is 0 Å². The fourth-order valence-corrected chi connectivity index (χ4v) is 1.46. The minimum Gasteiger partial charge on any atom is -0.505 e. The third-order valence-corrected chi connectivity index (χ3v) is 2.45. The predicted molar refractivity (Wildman–Crippen MR) is 60.1 cm³/mol. The molecule has 1 aromatic heterocycles. The number of pyridine rings is 1. The molecule has 1 amide bonds. The van der Waals surface area contributed by atoms with Crippen LogP contribution in [-0.2, 0) is 0 Å². The summed E-state index contributed by atoms with van der Waals surface area (Å²) in [5, 5.41) is 10.8. The largest absolute Gasteiger partial charge is 0.505 e. The second-order valence-electron chi connectivity index (χ2n) is 3.77. The first-order chi connectivity index (χ1) is 9.84. The molecule has 0 saturated carbocycles. The molecule has 2 rings (SSSR count). The molecule has 1 aromatic carbocycles. The van der Waals surface area contributed by atoms with E-state index >= 15 is 0 Å². The number of nitrogens with zero attached hydrogens (tertiary/aromatic N) is 1. The normalized spacial score (nSPS) is 10.5. The van der Waals surface area contributed by atoms with Crippen LogP contribution in [0.5, 0.6) is 5.75 Å². The van der Waals surface area contributed by atoms with Crippen LogP contribution in [0, 0.1) is 29.1 Å². The monoisotopic (exact) mass is 304 g/mol. The van der Waals surface area contributed by atoms with Crippen molar-refractivity contribution in [3.63, 3.8) is 0 Å². The molecule has 9 heteroatoms. The molecule has 4 nitrogen and oxygen atoms in total. The summed E-state index contributed by atoms with van der Waals surface area (Å²) >= 11 is 0. The highest BCUT2D eigenvalue weighted by atomic mass is 19.2. The van der Waals surface area contributed by atoms with Crippen molar-refractivity contribution in [2.45, 2.75) is 0 Å². The van der Waals surface area contributed by atoms with E-state index in [1.54, 1.807) is 0 Å². The zero-order valence-corrected chi connectivity index (χ0v) is 9.92. The second kappa shape index (κ2) is 5.35. The summed E-state index contributed by atoms with van der Waals surface area (Å²) in [6.07, 6.45) is 1.09. The van der Waals surface area contributed by atoms with Crippen molar-refractivity contribution in [2.75, 3.05) is 5.32 Å². The van der Waals surface area contributed by atoms with Gasteiger partial charge in [0.05, 0.1) is 0 Å². The number of carbonyl (C=O) groups is 1. The number of aromatic hydroxyl groups is 1. The van der Waals surface area contributed by atoms with Crippen LogP contribution < -0.4 is 5.32 Å². The molecule has 0 aliphatic heterocycles.